The van der Waals surface area contributed by atoms with Crippen LogP contribution in [0.5, 0.6) is 0 Å². The van der Waals surface area contributed by atoms with Crippen molar-refractivity contribution < 1.29 is 9.90 Å². The van der Waals surface area contributed by atoms with Crippen molar-refractivity contribution in [1.29, 1.82) is 0 Å². The predicted molar refractivity (Wildman–Crippen MR) is 51.5 cm³/mol. The summed E-state index contributed by atoms with van der Waals surface area (Å²) in [6, 6.07) is 3.52. The Balaban J connectivity index is 2.16. The van der Waals surface area contributed by atoms with E-state index in [9.17, 15) is 9.90 Å². The molecule has 0 aromatic carbocycles. The Labute approximate surface area is 82.8 Å². The van der Waals surface area contributed by atoms with Crippen molar-refractivity contribution in [3.63, 3.8) is 0 Å². The molecule has 1 aromatic heterocycles. The highest BCUT2D eigenvalue weighted by Crippen LogP contribution is 2.32. The van der Waals surface area contributed by atoms with Gasteiger partial charge < -0.3 is 5.11 Å². The summed E-state index contributed by atoms with van der Waals surface area (Å²) in [4.78, 5) is 15.3. The van der Waals surface area contributed by atoms with Crippen molar-refractivity contribution in [2.24, 2.45) is 5.92 Å². The molecule has 1 aliphatic rings. The van der Waals surface area contributed by atoms with Gasteiger partial charge in [0, 0.05) is 24.7 Å². The molecular formula is C11H13NO2. The summed E-state index contributed by atoms with van der Waals surface area (Å²) in [5, 5.41) is 9.94. The van der Waals surface area contributed by atoms with E-state index < -0.39 is 6.10 Å². The predicted octanol–water partition coefficient (Wildman–Crippen LogP) is 1.48. The fraction of sp³-hybridized carbons (Fsp3) is 0.455. The van der Waals surface area contributed by atoms with E-state index in [1.54, 1.807) is 24.5 Å². The molecule has 1 heterocycles. The Hall–Kier alpha value is -1.22. The van der Waals surface area contributed by atoms with Gasteiger partial charge in [0.05, 0.1) is 6.10 Å². The van der Waals surface area contributed by atoms with Crippen molar-refractivity contribution in [2.75, 3.05) is 0 Å². The number of aromatic nitrogens is 1. The number of carbonyl (C=O) groups excluding carboxylic acids is 1. The Bertz CT molecular complexity index is 323. The zero-order chi connectivity index (χ0) is 9.97. The van der Waals surface area contributed by atoms with Crippen molar-refractivity contribution in [3.05, 3.63) is 30.1 Å². The van der Waals surface area contributed by atoms with Crippen molar-refractivity contribution in [3.8, 4) is 0 Å². The summed E-state index contributed by atoms with van der Waals surface area (Å²) in [5.41, 5.74) is 0.792. The van der Waals surface area contributed by atoms with Crippen LogP contribution in [0.1, 0.15) is 30.9 Å². The van der Waals surface area contributed by atoms with Gasteiger partial charge in [-0.2, -0.15) is 0 Å². The molecule has 3 heteroatoms. The SMILES string of the molecule is O=C1CCC[C@@H]1[C@H](O)c1ccncc1. The second-order valence-electron chi connectivity index (χ2n) is 3.69. The van der Waals surface area contributed by atoms with E-state index >= 15 is 0 Å². The number of hydrogen-bond donors (Lipinski definition) is 1. The molecule has 1 aliphatic carbocycles. The fourth-order valence-electron chi connectivity index (χ4n) is 1.97. The van der Waals surface area contributed by atoms with Gasteiger partial charge in [-0.05, 0) is 30.5 Å². The van der Waals surface area contributed by atoms with Crippen molar-refractivity contribution >= 4 is 5.78 Å². The number of carbonyl (C=O) groups is 1. The third-order valence-electron chi connectivity index (χ3n) is 2.78. The van der Waals surface area contributed by atoms with Crippen LogP contribution in [-0.2, 0) is 4.79 Å². The van der Waals surface area contributed by atoms with Crippen LogP contribution in [0.4, 0.5) is 0 Å². The summed E-state index contributed by atoms with van der Waals surface area (Å²) >= 11 is 0. The van der Waals surface area contributed by atoms with Gasteiger partial charge in [0.1, 0.15) is 5.78 Å². The van der Waals surface area contributed by atoms with E-state index in [1.165, 1.54) is 0 Å². The fourth-order valence-corrected chi connectivity index (χ4v) is 1.97. The summed E-state index contributed by atoms with van der Waals surface area (Å²) in [7, 11) is 0. The molecule has 0 amide bonds. The molecule has 3 nitrogen and oxygen atoms in total. The molecule has 14 heavy (non-hydrogen) atoms. The number of nitrogens with zero attached hydrogens (tertiary/aromatic N) is 1. The highest BCUT2D eigenvalue weighted by molar-refractivity contribution is 5.83. The monoisotopic (exact) mass is 191 g/mol. The summed E-state index contributed by atoms with van der Waals surface area (Å²) in [5.74, 6) is -0.00767. The zero-order valence-electron chi connectivity index (χ0n) is 7.89. The van der Waals surface area contributed by atoms with Crippen molar-refractivity contribution in [2.45, 2.75) is 25.4 Å². The first kappa shape index (κ1) is 9.34. The van der Waals surface area contributed by atoms with Crippen LogP contribution in [0.2, 0.25) is 0 Å². The molecule has 2 rings (SSSR count). The average Bonchev–Trinajstić information content (AvgIpc) is 2.65. The molecule has 1 N–H and O–H groups in total. The number of Topliss-reactive ketones (excluding diaryl/α,β-unsaturated/α-hetero) is 1. The van der Waals surface area contributed by atoms with Gasteiger partial charge in [-0.3, -0.25) is 9.78 Å². The van der Waals surface area contributed by atoms with Gasteiger partial charge in [0.15, 0.2) is 0 Å². The minimum Gasteiger partial charge on any atom is -0.388 e. The van der Waals surface area contributed by atoms with Crippen LogP contribution in [0, 0.1) is 5.92 Å². The first-order valence-electron chi connectivity index (χ1n) is 4.90. The second kappa shape index (κ2) is 3.88. The van der Waals surface area contributed by atoms with Gasteiger partial charge >= 0.3 is 0 Å². The van der Waals surface area contributed by atoms with E-state index in [0.717, 1.165) is 18.4 Å². The normalized spacial score (nSPS) is 23.8. The van der Waals surface area contributed by atoms with Crippen LogP contribution in [-0.4, -0.2) is 15.9 Å². The molecular weight excluding hydrogens is 178 g/mol. The topological polar surface area (TPSA) is 50.2 Å². The lowest BCUT2D eigenvalue weighted by atomic mass is 9.94. The maximum atomic E-state index is 11.4. The molecule has 74 valence electrons. The Morgan fingerprint density at radius 3 is 2.71 bits per heavy atom. The molecule has 2 atom stereocenters. The third kappa shape index (κ3) is 1.68. The van der Waals surface area contributed by atoms with Crippen LogP contribution in [0.25, 0.3) is 0 Å². The number of pyridine rings is 1. The minimum absolute atomic E-state index is 0.189. The lowest BCUT2D eigenvalue weighted by Crippen LogP contribution is -2.16. The van der Waals surface area contributed by atoms with E-state index in [0.29, 0.717) is 6.42 Å². The number of hydrogen-bond acceptors (Lipinski definition) is 3. The van der Waals surface area contributed by atoms with E-state index in [-0.39, 0.29) is 11.7 Å². The Kier molecular flexibility index (Phi) is 2.59. The van der Waals surface area contributed by atoms with E-state index in [1.807, 2.05) is 0 Å². The Morgan fingerprint density at radius 1 is 1.43 bits per heavy atom. The third-order valence-corrected chi connectivity index (χ3v) is 2.78. The van der Waals surface area contributed by atoms with Crippen LogP contribution in [0.3, 0.4) is 0 Å². The van der Waals surface area contributed by atoms with Gasteiger partial charge in [-0.1, -0.05) is 0 Å². The summed E-state index contributed by atoms with van der Waals surface area (Å²) < 4.78 is 0. The van der Waals surface area contributed by atoms with Crippen LogP contribution >= 0.6 is 0 Å². The van der Waals surface area contributed by atoms with E-state index in [4.69, 9.17) is 0 Å². The van der Waals surface area contributed by atoms with Crippen LogP contribution in [0.15, 0.2) is 24.5 Å². The average molecular weight is 191 g/mol. The smallest absolute Gasteiger partial charge is 0.138 e. The maximum absolute atomic E-state index is 11.4. The molecule has 1 aromatic rings. The zero-order valence-corrected chi connectivity index (χ0v) is 7.89. The van der Waals surface area contributed by atoms with Gasteiger partial charge in [-0.15, -0.1) is 0 Å². The second-order valence-corrected chi connectivity index (χ2v) is 3.69. The summed E-state index contributed by atoms with van der Waals surface area (Å²) in [6.07, 6.45) is 4.96. The molecule has 0 radical (unpaired) electrons. The Morgan fingerprint density at radius 2 is 2.14 bits per heavy atom. The van der Waals surface area contributed by atoms with Gasteiger partial charge in [-0.25, -0.2) is 0 Å². The molecule has 1 fully saturated rings. The maximum Gasteiger partial charge on any atom is 0.138 e. The highest BCUT2D eigenvalue weighted by atomic mass is 16.3. The number of aliphatic hydroxyl groups is 1. The lowest BCUT2D eigenvalue weighted by Gasteiger charge is -2.16. The largest absolute Gasteiger partial charge is 0.388 e. The molecule has 0 unspecified atom stereocenters. The van der Waals surface area contributed by atoms with E-state index in [2.05, 4.69) is 4.98 Å². The molecule has 0 spiro atoms. The van der Waals surface area contributed by atoms with Crippen LogP contribution < -0.4 is 0 Å². The highest BCUT2D eigenvalue weighted by Gasteiger charge is 2.31. The summed E-state index contributed by atoms with van der Waals surface area (Å²) in [6.45, 7) is 0. The number of rotatable bonds is 2. The first-order valence-corrected chi connectivity index (χ1v) is 4.90. The van der Waals surface area contributed by atoms with Gasteiger partial charge in [0.2, 0.25) is 0 Å². The van der Waals surface area contributed by atoms with Crippen molar-refractivity contribution in [1.82, 2.24) is 4.98 Å². The lowest BCUT2D eigenvalue weighted by molar-refractivity contribution is -0.123. The molecule has 1 saturated carbocycles. The molecule has 0 aliphatic heterocycles. The number of ketones is 1. The van der Waals surface area contributed by atoms with Gasteiger partial charge in [0.25, 0.3) is 0 Å². The minimum atomic E-state index is -0.645. The first-order chi connectivity index (χ1) is 6.79. The standard InChI is InChI=1S/C11H13NO2/c13-10-3-1-2-9(10)11(14)8-4-6-12-7-5-8/h4-7,9,11,14H,1-3H2/t9-,11+/m0/s1. The molecule has 0 bridgehead atoms. The quantitative estimate of drug-likeness (QED) is 0.770. The number of aliphatic hydroxyl groups excluding tert-OH is 1. The molecule has 0 saturated heterocycles.